The van der Waals surface area contributed by atoms with Gasteiger partial charge in [0.2, 0.25) is 12.7 Å². The van der Waals surface area contributed by atoms with Gasteiger partial charge in [0.1, 0.15) is 69.8 Å². The van der Waals surface area contributed by atoms with E-state index in [2.05, 4.69) is 0 Å². The molecule has 0 aliphatic heterocycles. The van der Waals surface area contributed by atoms with Gasteiger partial charge < -0.3 is 9.31 Å². The molecule has 0 atom stereocenters. The number of rotatable bonds is 22. The van der Waals surface area contributed by atoms with Crippen LogP contribution in [0.25, 0.3) is 0 Å². The van der Waals surface area contributed by atoms with Crippen LogP contribution in [0.1, 0.15) is 90.9 Å². The van der Waals surface area contributed by atoms with Gasteiger partial charge in [-0.05, 0) is 12.8 Å². The molecule has 0 N–H and O–H groups in total. The van der Waals surface area contributed by atoms with E-state index in [-0.39, 0.29) is 35.9 Å². The van der Waals surface area contributed by atoms with Crippen molar-refractivity contribution in [1.29, 1.82) is 0 Å². The maximum Gasteiger partial charge on any atom is 2.00 e. The number of benzene rings is 6. The van der Waals surface area contributed by atoms with Crippen LogP contribution in [-0.2, 0) is 9.31 Å². The van der Waals surface area contributed by atoms with E-state index in [4.69, 9.17) is 9.31 Å². The molecule has 6 rings (SSSR count). The zero-order valence-electron chi connectivity index (χ0n) is 43.9. The maximum absolute atomic E-state index is 15.3. The third-order valence-electron chi connectivity index (χ3n) is 13.6. The average Bonchev–Trinajstić information content (AvgIpc) is 0.717. The molecule has 0 fully saturated rings. The Labute approximate surface area is 486 Å². The van der Waals surface area contributed by atoms with Gasteiger partial charge in [0.05, 0.1) is 0 Å². The van der Waals surface area contributed by atoms with E-state index in [9.17, 15) is 79.0 Å². The SMILES string of the molecule is CCCCCCCCO[B-](c1c(F)c(F)c(F)c(F)c1F)(c1c(F)c(F)c(F)c(F)c1F)c1c(F)c(F)c(F)c(F)c1F.CCCCCCCCO[B-](c1c(F)c(F)c(F)c(F)c1F)(c1c(F)c(F)c(F)c(F)c1F)c1c(F)c(F)c(F)c(F)c1F.[Mg+2]. The van der Waals surface area contributed by atoms with Crippen LogP contribution < -0.4 is 32.8 Å². The van der Waals surface area contributed by atoms with Gasteiger partial charge in [0.15, 0.2) is 105 Å². The van der Waals surface area contributed by atoms with Crippen molar-refractivity contribution in [2.24, 2.45) is 0 Å². The Hall–Kier alpha value is -5.96. The Morgan fingerprint density at radius 2 is 0.299 bits per heavy atom. The van der Waals surface area contributed by atoms with Crippen molar-refractivity contribution >= 4 is 68.5 Å². The van der Waals surface area contributed by atoms with Gasteiger partial charge in [0.25, 0.3) is 0 Å². The predicted octanol–water partition coefficient (Wildman–Crippen LogP) is 13.9. The molecule has 0 radical (unpaired) electrons. The van der Waals surface area contributed by atoms with Gasteiger partial charge in [-0.2, -0.15) is 0 Å². The molecule has 0 unspecified atom stereocenters. The minimum atomic E-state index is -5.94. The van der Waals surface area contributed by atoms with Crippen LogP contribution in [-0.4, -0.2) is 49.0 Å². The molecule has 6 aromatic rings. The molecule has 0 aromatic heterocycles. The smallest absolute Gasteiger partial charge is 0.579 e. The van der Waals surface area contributed by atoms with Crippen molar-refractivity contribution in [2.45, 2.75) is 90.9 Å². The molecule has 0 aliphatic carbocycles. The summed E-state index contributed by atoms with van der Waals surface area (Å²) in [5.74, 6) is -91.7. The Kier molecular flexibility index (Phi) is 25.0. The normalized spacial score (nSPS) is 11.9. The van der Waals surface area contributed by atoms with Crippen LogP contribution in [0.2, 0.25) is 0 Å². The van der Waals surface area contributed by atoms with E-state index in [1.165, 1.54) is 0 Å². The van der Waals surface area contributed by atoms with Crippen LogP contribution >= 0.6 is 0 Å². The second kappa shape index (κ2) is 29.6. The molecule has 2 nitrogen and oxygen atoms in total. The largest absolute Gasteiger partial charge is 2.00 e. The zero-order chi connectivity index (χ0) is 65.1. The summed E-state index contributed by atoms with van der Waals surface area (Å²) >= 11 is 0. The minimum absolute atomic E-state index is 0. The molecule has 0 heterocycles. The van der Waals surface area contributed by atoms with E-state index in [0.717, 1.165) is 12.8 Å². The molecule has 87 heavy (non-hydrogen) atoms. The van der Waals surface area contributed by atoms with Crippen molar-refractivity contribution in [2.75, 3.05) is 13.2 Å². The Morgan fingerprint density at radius 1 is 0.184 bits per heavy atom. The number of halogens is 30. The van der Waals surface area contributed by atoms with Gasteiger partial charge in [-0.1, -0.05) is 111 Å². The summed E-state index contributed by atoms with van der Waals surface area (Å²) in [6.07, 6.45) is -8.09. The van der Waals surface area contributed by atoms with E-state index in [1.807, 2.05) is 13.8 Å². The molecule has 0 amide bonds. The molecule has 0 spiro atoms. The van der Waals surface area contributed by atoms with E-state index >= 15 is 52.7 Å². The fourth-order valence-corrected chi connectivity index (χ4v) is 9.52. The van der Waals surface area contributed by atoms with Crippen molar-refractivity contribution < 1.29 is 141 Å². The second-order valence-electron chi connectivity index (χ2n) is 18.8. The molecule has 0 saturated heterocycles. The van der Waals surface area contributed by atoms with E-state index in [1.54, 1.807) is 0 Å². The fourth-order valence-electron chi connectivity index (χ4n) is 9.52. The van der Waals surface area contributed by atoms with Crippen LogP contribution in [0.5, 0.6) is 0 Å². The van der Waals surface area contributed by atoms with Crippen LogP contribution in [0, 0.1) is 175 Å². The molecular formula is C52H34B2F30MgO2. The molecular weight excluding hydrogens is 1270 g/mol. The first-order valence-electron chi connectivity index (χ1n) is 24.9. The monoisotopic (exact) mass is 1310 g/mol. The standard InChI is InChI=1S/2C26H17BF15O.Mg/c2*1-2-3-4-5-6-7-8-43-27(9-12(28)18(34)24(40)19(35)13(9)29,10-14(30)20(36)25(41)21(37)15(10)31)11-16(32)22(38)26(42)23(39)17(11)33;/h2*2-8H2,1H3;/q2*-1;+2. The second-order valence-corrected chi connectivity index (χ2v) is 18.8. The topological polar surface area (TPSA) is 18.5 Å². The molecule has 0 saturated carbocycles. The van der Waals surface area contributed by atoms with Crippen LogP contribution in [0.4, 0.5) is 132 Å². The minimum Gasteiger partial charge on any atom is -0.579 e. The number of unbranched alkanes of at least 4 members (excludes halogenated alkanes) is 10. The van der Waals surface area contributed by atoms with Crippen molar-refractivity contribution in [3.8, 4) is 0 Å². The number of hydrogen-bond donors (Lipinski definition) is 0. The average molecular weight is 1310 g/mol. The first-order valence-corrected chi connectivity index (χ1v) is 24.9. The molecule has 472 valence electrons. The summed E-state index contributed by atoms with van der Waals surface area (Å²) in [6.45, 7) is 1.14. The third-order valence-corrected chi connectivity index (χ3v) is 13.6. The molecule has 6 aromatic carbocycles. The summed E-state index contributed by atoms with van der Waals surface area (Å²) < 4.78 is 449. The molecule has 0 bridgehead atoms. The van der Waals surface area contributed by atoms with Crippen LogP contribution in [0.15, 0.2) is 0 Å². The van der Waals surface area contributed by atoms with Gasteiger partial charge in [-0.3, -0.25) is 0 Å². The Morgan fingerprint density at radius 3 is 0.437 bits per heavy atom. The fraction of sp³-hybridized carbons (Fsp3) is 0.308. The maximum atomic E-state index is 15.3. The van der Waals surface area contributed by atoms with Crippen molar-refractivity contribution in [3.63, 3.8) is 0 Å². The van der Waals surface area contributed by atoms with Gasteiger partial charge in [-0.15, -0.1) is 0 Å². The summed E-state index contributed by atoms with van der Waals surface area (Å²) in [4.78, 5) is 0. The quantitative estimate of drug-likeness (QED) is 0.0222. The Bertz CT molecular complexity index is 2850. The first-order chi connectivity index (χ1) is 40.2. The van der Waals surface area contributed by atoms with Crippen molar-refractivity contribution in [3.05, 3.63) is 175 Å². The van der Waals surface area contributed by atoms with Gasteiger partial charge >= 0.3 is 23.1 Å². The van der Waals surface area contributed by atoms with E-state index in [0.29, 0.717) is 38.5 Å². The van der Waals surface area contributed by atoms with E-state index < -0.39 is 246 Å². The predicted molar refractivity (Wildman–Crippen MR) is 251 cm³/mol. The van der Waals surface area contributed by atoms with Crippen LogP contribution in [0.3, 0.4) is 0 Å². The van der Waals surface area contributed by atoms with Crippen molar-refractivity contribution in [1.82, 2.24) is 0 Å². The number of hydrogen-bond acceptors (Lipinski definition) is 2. The molecule has 35 heteroatoms. The summed E-state index contributed by atoms with van der Waals surface area (Å²) in [6, 6.07) is 0. The summed E-state index contributed by atoms with van der Waals surface area (Å²) in [5.41, 5.74) is -16.6. The molecule has 0 aliphatic rings. The zero-order valence-corrected chi connectivity index (χ0v) is 45.3. The van der Waals surface area contributed by atoms with Gasteiger partial charge in [0, 0.05) is 13.2 Å². The first kappa shape index (κ1) is 73.5. The summed E-state index contributed by atoms with van der Waals surface area (Å²) in [5, 5.41) is 0. The summed E-state index contributed by atoms with van der Waals surface area (Å²) in [7, 11) is 0. The third kappa shape index (κ3) is 12.9. The van der Waals surface area contributed by atoms with Gasteiger partial charge in [-0.25, -0.2) is 132 Å². The Balaban J connectivity index is 0.000000368.